The summed E-state index contributed by atoms with van der Waals surface area (Å²) in [5.74, 6) is -0.219. The summed E-state index contributed by atoms with van der Waals surface area (Å²) >= 11 is 0. The van der Waals surface area contributed by atoms with E-state index in [4.69, 9.17) is 0 Å². The first-order valence-corrected chi connectivity index (χ1v) is 7.02. The third kappa shape index (κ3) is 3.42. The number of nitrogens with one attached hydrogen (secondary N) is 1. The molecule has 0 atom stereocenters. The quantitative estimate of drug-likeness (QED) is 0.882. The SMILES string of the molecule is CCCn1nncc1-c1ccc(F)cc1CNC(C)C. The number of halogens is 1. The standard InChI is InChI=1S/C15H21FN4/c1-4-7-20-15(10-18-19-20)14-6-5-13(16)8-12(14)9-17-11(2)3/h5-6,8,10-11,17H,4,7,9H2,1-3H3. The lowest BCUT2D eigenvalue weighted by Crippen LogP contribution is -2.22. The van der Waals surface area contributed by atoms with Crippen LogP contribution in [0.4, 0.5) is 4.39 Å². The fraction of sp³-hybridized carbons (Fsp3) is 0.467. The van der Waals surface area contributed by atoms with Crippen LogP contribution in [0.3, 0.4) is 0 Å². The molecule has 1 heterocycles. The lowest BCUT2D eigenvalue weighted by molar-refractivity contribution is 0.575. The second-order valence-corrected chi connectivity index (χ2v) is 5.18. The van der Waals surface area contributed by atoms with Crippen molar-refractivity contribution in [1.29, 1.82) is 0 Å². The zero-order valence-corrected chi connectivity index (χ0v) is 12.2. The highest BCUT2D eigenvalue weighted by Gasteiger charge is 2.12. The molecule has 0 bridgehead atoms. The van der Waals surface area contributed by atoms with Crippen LogP contribution < -0.4 is 5.32 Å². The number of nitrogens with zero attached hydrogens (tertiary/aromatic N) is 3. The van der Waals surface area contributed by atoms with Crippen LogP contribution in [0, 0.1) is 5.82 Å². The average Bonchev–Trinajstić information content (AvgIpc) is 2.85. The Labute approximate surface area is 119 Å². The van der Waals surface area contributed by atoms with Crippen molar-refractivity contribution in [2.75, 3.05) is 0 Å². The molecule has 1 aromatic heterocycles. The summed E-state index contributed by atoms with van der Waals surface area (Å²) in [6.45, 7) is 7.67. The highest BCUT2D eigenvalue weighted by molar-refractivity contribution is 5.63. The third-order valence-electron chi connectivity index (χ3n) is 3.10. The highest BCUT2D eigenvalue weighted by Crippen LogP contribution is 2.24. The molecule has 20 heavy (non-hydrogen) atoms. The molecule has 4 nitrogen and oxygen atoms in total. The smallest absolute Gasteiger partial charge is 0.123 e. The fourth-order valence-electron chi connectivity index (χ4n) is 2.12. The number of aromatic nitrogens is 3. The molecule has 0 saturated carbocycles. The minimum absolute atomic E-state index is 0.219. The van der Waals surface area contributed by atoms with Gasteiger partial charge in [-0.3, -0.25) is 0 Å². The topological polar surface area (TPSA) is 42.7 Å². The second-order valence-electron chi connectivity index (χ2n) is 5.18. The molecule has 2 aromatic rings. The van der Waals surface area contributed by atoms with Crippen molar-refractivity contribution in [3.05, 3.63) is 35.8 Å². The van der Waals surface area contributed by atoms with Gasteiger partial charge in [0.2, 0.25) is 0 Å². The van der Waals surface area contributed by atoms with Gasteiger partial charge in [-0.25, -0.2) is 9.07 Å². The molecule has 1 aromatic carbocycles. The van der Waals surface area contributed by atoms with Crippen molar-refractivity contribution >= 4 is 0 Å². The Morgan fingerprint density at radius 2 is 2.15 bits per heavy atom. The van der Waals surface area contributed by atoms with Crippen molar-refractivity contribution in [2.24, 2.45) is 0 Å². The predicted molar refractivity (Wildman–Crippen MR) is 77.7 cm³/mol. The zero-order valence-electron chi connectivity index (χ0n) is 12.2. The minimum atomic E-state index is -0.219. The largest absolute Gasteiger partial charge is 0.310 e. The second kappa shape index (κ2) is 6.61. The summed E-state index contributed by atoms with van der Waals surface area (Å²) in [5, 5.41) is 11.4. The van der Waals surface area contributed by atoms with Crippen LogP contribution in [-0.4, -0.2) is 21.0 Å². The van der Waals surface area contributed by atoms with E-state index in [9.17, 15) is 4.39 Å². The monoisotopic (exact) mass is 276 g/mol. The van der Waals surface area contributed by atoms with Gasteiger partial charge in [-0.2, -0.15) is 0 Å². The van der Waals surface area contributed by atoms with Crippen molar-refractivity contribution < 1.29 is 4.39 Å². The number of aryl methyl sites for hydroxylation is 1. The van der Waals surface area contributed by atoms with E-state index < -0.39 is 0 Å². The molecule has 0 saturated heterocycles. The van der Waals surface area contributed by atoms with E-state index in [1.165, 1.54) is 6.07 Å². The lowest BCUT2D eigenvalue weighted by Gasteiger charge is -2.13. The number of rotatable bonds is 6. The molecule has 1 N–H and O–H groups in total. The van der Waals surface area contributed by atoms with Crippen molar-refractivity contribution in [2.45, 2.75) is 46.3 Å². The lowest BCUT2D eigenvalue weighted by atomic mass is 10.0. The Bertz CT molecular complexity index is 563. The van der Waals surface area contributed by atoms with Crippen LogP contribution in [0.1, 0.15) is 32.8 Å². The van der Waals surface area contributed by atoms with Crippen molar-refractivity contribution in [3.63, 3.8) is 0 Å². The third-order valence-corrected chi connectivity index (χ3v) is 3.10. The van der Waals surface area contributed by atoms with Crippen LogP contribution in [0.25, 0.3) is 11.3 Å². The molecule has 0 unspecified atom stereocenters. The number of hydrogen-bond acceptors (Lipinski definition) is 3. The molecule has 0 aliphatic carbocycles. The van der Waals surface area contributed by atoms with Crippen LogP contribution in [0.15, 0.2) is 24.4 Å². The maximum Gasteiger partial charge on any atom is 0.123 e. The van der Waals surface area contributed by atoms with E-state index in [-0.39, 0.29) is 5.82 Å². The van der Waals surface area contributed by atoms with Gasteiger partial charge >= 0.3 is 0 Å². The maximum atomic E-state index is 13.5. The Kier molecular flexibility index (Phi) is 4.84. The molecule has 0 aliphatic heterocycles. The van der Waals surface area contributed by atoms with E-state index in [2.05, 4.69) is 36.4 Å². The molecule has 0 amide bonds. The van der Waals surface area contributed by atoms with Gasteiger partial charge in [0.05, 0.1) is 11.9 Å². The summed E-state index contributed by atoms with van der Waals surface area (Å²) in [6.07, 6.45) is 2.72. The molecular weight excluding hydrogens is 255 g/mol. The molecule has 0 fully saturated rings. The Morgan fingerprint density at radius 3 is 2.85 bits per heavy atom. The van der Waals surface area contributed by atoms with E-state index >= 15 is 0 Å². The Hall–Kier alpha value is -1.75. The normalized spacial score (nSPS) is 11.2. The van der Waals surface area contributed by atoms with Gasteiger partial charge in [-0.05, 0) is 30.2 Å². The van der Waals surface area contributed by atoms with E-state index in [1.54, 1.807) is 18.3 Å². The average molecular weight is 276 g/mol. The minimum Gasteiger partial charge on any atom is -0.310 e. The van der Waals surface area contributed by atoms with Crippen LogP contribution in [-0.2, 0) is 13.1 Å². The number of hydrogen-bond donors (Lipinski definition) is 1. The van der Waals surface area contributed by atoms with E-state index in [1.807, 2.05) is 4.68 Å². The van der Waals surface area contributed by atoms with Crippen molar-refractivity contribution in [1.82, 2.24) is 20.3 Å². The fourth-order valence-corrected chi connectivity index (χ4v) is 2.12. The van der Waals surface area contributed by atoms with Crippen molar-refractivity contribution in [3.8, 4) is 11.3 Å². The summed E-state index contributed by atoms with van der Waals surface area (Å²) < 4.78 is 15.4. The molecule has 108 valence electrons. The summed E-state index contributed by atoms with van der Waals surface area (Å²) in [6, 6.07) is 5.22. The molecule has 2 rings (SSSR count). The molecule has 0 aliphatic rings. The van der Waals surface area contributed by atoms with Gasteiger partial charge in [-0.1, -0.05) is 26.0 Å². The van der Waals surface area contributed by atoms with Gasteiger partial charge < -0.3 is 5.32 Å². The van der Waals surface area contributed by atoms with Gasteiger partial charge in [0.1, 0.15) is 5.82 Å². The molecule has 0 spiro atoms. The van der Waals surface area contributed by atoms with Gasteiger partial charge in [0, 0.05) is 24.7 Å². The van der Waals surface area contributed by atoms with E-state index in [0.717, 1.165) is 29.8 Å². The summed E-state index contributed by atoms with van der Waals surface area (Å²) in [7, 11) is 0. The molecule has 0 radical (unpaired) electrons. The first kappa shape index (κ1) is 14.7. The predicted octanol–water partition coefficient (Wildman–Crippen LogP) is 2.99. The first-order valence-electron chi connectivity index (χ1n) is 7.02. The van der Waals surface area contributed by atoms with Crippen LogP contribution in [0.2, 0.25) is 0 Å². The molecular formula is C15H21FN4. The Balaban J connectivity index is 2.36. The van der Waals surface area contributed by atoms with E-state index in [0.29, 0.717) is 12.6 Å². The molecule has 5 heteroatoms. The summed E-state index contributed by atoms with van der Waals surface area (Å²) in [5.41, 5.74) is 2.85. The van der Waals surface area contributed by atoms with Gasteiger partial charge in [0.25, 0.3) is 0 Å². The summed E-state index contributed by atoms with van der Waals surface area (Å²) in [4.78, 5) is 0. The van der Waals surface area contributed by atoms with Crippen LogP contribution in [0.5, 0.6) is 0 Å². The van der Waals surface area contributed by atoms with Crippen LogP contribution >= 0.6 is 0 Å². The first-order chi connectivity index (χ1) is 9.61. The van der Waals surface area contributed by atoms with Gasteiger partial charge in [-0.15, -0.1) is 5.10 Å². The number of benzene rings is 1. The maximum absolute atomic E-state index is 13.5. The Morgan fingerprint density at radius 1 is 1.35 bits per heavy atom. The zero-order chi connectivity index (χ0) is 14.5. The van der Waals surface area contributed by atoms with Gasteiger partial charge in [0.15, 0.2) is 0 Å². The highest BCUT2D eigenvalue weighted by atomic mass is 19.1.